The van der Waals surface area contributed by atoms with Crippen LogP contribution in [-0.4, -0.2) is 10.8 Å². The maximum atomic E-state index is 13.3. The van der Waals surface area contributed by atoms with E-state index in [-0.39, 0.29) is 5.56 Å². The van der Waals surface area contributed by atoms with Crippen LogP contribution < -0.4 is 0 Å². The van der Waals surface area contributed by atoms with Gasteiger partial charge in [0.2, 0.25) is 0 Å². The molecule has 0 aliphatic heterocycles. The van der Waals surface area contributed by atoms with Crippen LogP contribution in [0, 0.1) is 5.82 Å². The summed E-state index contributed by atoms with van der Waals surface area (Å²) in [5, 5.41) is 0. The Bertz CT molecular complexity index is 570. The highest BCUT2D eigenvalue weighted by Gasteiger charge is 2.16. The summed E-state index contributed by atoms with van der Waals surface area (Å²) in [6.07, 6.45) is -0.0381. The molecule has 0 aliphatic rings. The van der Waals surface area contributed by atoms with Gasteiger partial charge >= 0.3 is 0 Å². The molecule has 1 aromatic carbocycles. The van der Waals surface area contributed by atoms with E-state index in [1.807, 2.05) is 0 Å². The van der Waals surface area contributed by atoms with E-state index in [0.717, 1.165) is 12.1 Å². The van der Waals surface area contributed by atoms with Crippen molar-refractivity contribution in [3.8, 4) is 0 Å². The first kappa shape index (κ1) is 12.3. The van der Waals surface area contributed by atoms with Crippen molar-refractivity contribution in [1.29, 1.82) is 0 Å². The SMILES string of the molecule is O=C(c1ccncc1)c1ccc(C(F)F)c(F)c1. The van der Waals surface area contributed by atoms with Gasteiger partial charge in [-0.3, -0.25) is 9.78 Å². The van der Waals surface area contributed by atoms with Gasteiger partial charge in [0.05, 0.1) is 5.56 Å². The van der Waals surface area contributed by atoms with E-state index < -0.39 is 23.6 Å². The third-order valence-electron chi connectivity index (χ3n) is 2.44. The largest absolute Gasteiger partial charge is 0.289 e. The lowest BCUT2D eigenvalue weighted by Gasteiger charge is -2.05. The van der Waals surface area contributed by atoms with Gasteiger partial charge in [-0.15, -0.1) is 0 Å². The number of benzene rings is 1. The monoisotopic (exact) mass is 251 g/mol. The summed E-state index contributed by atoms with van der Waals surface area (Å²) in [6, 6.07) is 5.88. The molecule has 92 valence electrons. The second-order valence-corrected chi connectivity index (χ2v) is 3.60. The molecule has 0 atom stereocenters. The summed E-state index contributed by atoms with van der Waals surface area (Å²) in [7, 11) is 0. The Hall–Kier alpha value is -2.17. The number of carbonyl (C=O) groups is 1. The van der Waals surface area contributed by atoms with E-state index in [4.69, 9.17) is 0 Å². The van der Waals surface area contributed by atoms with Crippen LogP contribution in [0.5, 0.6) is 0 Å². The summed E-state index contributed by atoms with van der Waals surface area (Å²) in [6.45, 7) is 0. The predicted molar refractivity (Wildman–Crippen MR) is 59.0 cm³/mol. The van der Waals surface area contributed by atoms with Crippen LogP contribution in [0.2, 0.25) is 0 Å². The van der Waals surface area contributed by atoms with Gasteiger partial charge in [0.1, 0.15) is 5.82 Å². The van der Waals surface area contributed by atoms with Crippen molar-refractivity contribution in [2.45, 2.75) is 6.43 Å². The lowest BCUT2D eigenvalue weighted by atomic mass is 10.0. The Morgan fingerprint density at radius 1 is 1.06 bits per heavy atom. The molecular formula is C13H8F3NO. The minimum absolute atomic E-state index is 0.0306. The zero-order chi connectivity index (χ0) is 13.1. The second-order valence-electron chi connectivity index (χ2n) is 3.60. The minimum atomic E-state index is -2.89. The number of hydrogen-bond acceptors (Lipinski definition) is 2. The van der Waals surface area contributed by atoms with Gasteiger partial charge in [0, 0.05) is 23.5 Å². The second kappa shape index (κ2) is 5.00. The molecule has 0 amide bonds. The first-order chi connectivity index (χ1) is 8.59. The number of carbonyl (C=O) groups excluding carboxylic acids is 1. The van der Waals surface area contributed by atoms with Gasteiger partial charge in [0.15, 0.2) is 5.78 Å². The molecule has 2 aromatic rings. The Morgan fingerprint density at radius 3 is 2.28 bits per heavy atom. The maximum absolute atomic E-state index is 13.3. The third kappa shape index (κ3) is 2.40. The number of halogens is 3. The van der Waals surface area contributed by atoms with Crippen molar-refractivity contribution >= 4 is 5.78 Å². The zero-order valence-electron chi connectivity index (χ0n) is 9.11. The van der Waals surface area contributed by atoms with Gasteiger partial charge < -0.3 is 0 Å². The number of ketones is 1. The van der Waals surface area contributed by atoms with Crippen molar-refractivity contribution in [2.24, 2.45) is 0 Å². The number of hydrogen-bond donors (Lipinski definition) is 0. The number of aromatic nitrogens is 1. The van der Waals surface area contributed by atoms with E-state index in [1.54, 1.807) is 0 Å². The molecule has 2 rings (SSSR count). The lowest BCUT2D eigenvalue weighted by Crippen LogP contribution is -2.03. The summed E-state index contributed by atoms with van der Waals surface area (Å²) in [5.74, 6) is -1.51. The fraction of sp³-hybridized carbons (Fsp3) is 0.0769. The molecule has 2 nitrogen and oxygen atoms in total. The highest BCUT2D eigenvalue weighted by molar-refractivity contribution is 6.08. The van der Waals surface area contributed by atoms with E-state index >= 15 is 0 Å². The number of rotatable bonds is 3. The van der Waals surface area contributed by atoms with Crippen molar-refractivity contribution in [3.63, 3.8) is 0 Å². The highest BCUT2D eigenvalue weighted by Crippen LogP contribution is 2.23. The topological polar surface area (TPSA) is 30.0 Å². The Kier molecular flexibility index (Phi) is 3.41. The van der Waals surface area contributed by atoms with Gasteiger partial charge in [-0.1, -0.05) is 6.07 Å². The fourth-order valence-electron chi connectivity index (χ4n) is 1.52. The zero-order valence-corrected chi connectivity index (χ0v) is 9.11. The van der Waals surface area contributed by atoms with Crippen LogP contribution in [0.4, 0.5) is 13.2 Å². The quantitative estimate of drug-likeness (QED) is 0.782. The normalized spacial score (nSPS) is 10.7. The maximum Gasteiger partial charge on any atom is 0.266 e. The van der Waals surface area contributed by atoms with Crippen LogP contribution in [0.25, 0.3) is 0 Å². The molecule has 1 heterocycles. The fourth-order valence-corrected chi connectivity index (χ4v) is 1.52. The molecule has 0 aliphatic carbocycles. The van der Waals surface area contributed by atoms with E-state index in [9.17, 15) is 18.0 Å². The summed E-state index contributed by atoms with van der Waals surface area (Å²) in [4.78, 5) is 15.6. The Labute approximate surface area is 101 Å². The average molecular weight is 251 g/mol. The number of alkyl halides is 2. The first-order valence-electron chi connectivity index (χ1n) is 5.12. The van der Waals surface area contributed by atoms with Crippen molar-refractivity contribution < 1.29 is 18.0 Å². The molecule has 0 saturated heterocycles. The van der Waals surface area contributed by atoms with Crippen LogP contribution in [0.3, 0.4) is 0 Å². The molecule has 0 radical (unpaired) electrons. The molecule has 0 bridgehead atoms. The Morgan fingerprint density at radius 2 is 1.72 bits per heavy atom. The van der Waals surface area contributed by atoms with Crippen LogP contribution >= 0.6 is 0 Å². The minimum Gasteiger partial charge on any atom is -0.289 e. The molecule has 0 fully saturated rings. The van der Waals surface area contributed by atoms with E-state index in [2.05, 4.69) is 4.98 Å². The lowest BCUT2D eigenvalue weighted by molar-refractivity contribution is 0.103. The van der Waals surface area contributed by atoms with Crippen LogP contribution in [0.1, 0.15) is 27.9 Å². The molecule has 0 spiro atoms. The number of nitrogens with zero attached hydrogens (tertiary/aromatic N) is 1. The molecular weight excluding hydrogens is 243 g/mol. The van der Waals surface area contributed by atoms with E-state index in [1.165, 1.54) is 30.6 Å². The standard InChI is InChI=1S/C13H8F3NO/c14-11-7-9(1-2-10(11)13(15)16)12(18)8-3-5-17-6-4-8/h1-7,13H. The first-order valence-corrected chi connectivity index (χ1v) is 5.12. The molecule has 1 aromatic heterocycles. The average Bonchev–Trinajstić information content (AvgIpc) is 2.38. The predicted octanol–water partition coefficient (Wildman–Crippen LogP) is 3.39. The molecule has 5 heteroatoms. The van der Waals surface area contributed by atoms with Gasteiger partial charge in [-0.25, -0.2) is 13.2 Å². The van der Waals surface area contributed by atoms with Gasteiger partial charge in [0.25, 0.3) is 6.43 Å². The summed E-state index contributed by atoms with van der Waals surface area (Å²) < 4.78 is 38.0. The smallest absolute Gasteiger partial charge is 0.266 e. The van der Waals surface area contributed by atoms with E-state index in [0.29, 0.717) is 5.56 Å². The number of pyridine rings is 1. The molecule has 18 heavy (non-hydrogen) atoms. The molecule has 0 N–H and O–H groups in total. The summed E-state index contributed by atoms with van der Waals surface area (Å²) >= 11 is 0. The summed E-state index contributed by atoms with van der Waals surface area (Å²) in [5.41, 5.74) is -0.349. The molecule has 0 saturated carbocycles. The van der Waals surface area contributed by atoms with Crippen molar-refractivity contribution in [1.82, 2.24) is 4.98 Å². The van der Waals surface area contributed by atoms with Crippen molar-refractivity contribution in [2.75, 3.05) is 0 Å². The molecule has 0 unspecified atom stereocenters. The third-order valence-corrected chi connectivity index (χ3v) is 2.44. The van der Waals surface area contributed by atoms with Crippen LogP contribution in [0.15, 0.2) is 42.7 Å². The highest BCUT2D eigenvalue weighted by atomic mass is 19.3. The van der Waals surface area contributed by atoms with Crippen molar-refractivity contribution in [3.05, 3.63) is 65.2 Å². The van der Waals surface area contributed by atoms with Crippen LogP contribution in [-0.2, 0) is 0 Å². The van der Waals surface area contributed by atoms with Gasteiger partial charge in [-0.05, 0) is 24.3 Å². The van der Waals surface area contributed by atoms with Gasteiger partial charge in [-0.2, -0.15) is 0 Å². The Balaban J connectivity index is 2.36.